The van der Waals surface area contributed by atoms with Crippen LogP contribution >= 0.6 is 0 Å². The van der Waals surface area contributed by atoms with E-state index in [9.17, 15) is 4.39 Å². The molecule has 2 aromatic rings. The lowest BCUT2D eigenvalue weighted by Crippen LogP contribution is -2.02. The Morgan fingerprint density at radius 2 is 1.40 bits per heavy atom. The van der Waals surface area contributed by atoms with Gasteiger partial charge in [-0.3, -0.25) is 0 Å². The van der Waals surface area contributed by atoms with Gasteiger partial charge in [-0.15, -0.1) is 0 Å². The van der Waals surface area contributed by atoms with Crippen molar-refractivity contribution in [3.05, 3.63) is 42.3 Å². The fourth-order valence-electron chi connectivity index (χ4n) is 1.25. The van der Waals surface area contributed by atoms with E-state index in [2.05, 4.69) is 9.97 Å². The van der Waals surface area contributed by atoms with Gasteiger partial charge in [0.1, 0.15) is 11.6 Å². The third-order valence-corrected chi connectivity index (χ3v) is 2.35. The minimum atomic E-state index is -0.537. The molecule has 0 atom stereocenters. The zero-order valence-corrected chi connectivity index (χ0v) is 13.9. The van der Waals surface area contributed by atoms with Crippen LogP contribution in [0.1, 0.15) is 12.8 Å². The van der Waals surface area contributed by atoms with Crippen molar-refractivity contribution < 1.29 is 24.4 Å². The van der Waals surface area contributed by atoms with Gasteiger partial charge >= 0.3 is 0 Å². The summed E-state index contributed by atoms with van der Waals surface area (Å²) in [7, 11) is 0. The molecule has 140 valence electrons. The normalized spacial score (nSPS) is 9.28. The van der Waals surface area contributed by atoms with Crippen molar-refractivity contribution >= 4 is 11.6 Å². The standard InChI is InChI=1S/C8H12N2O2.C5H5FN2.C3H8O2/c9-7-3-1-4-8(10-7)12-6-2-5-11;6-4-2-1-3-5(7)8-4;4-2-1-3-5/h1,3-4,11H,2,5-6H2,(H2,9,10);1-3H,(H2,7,8);4-5H,1-3H2. The molecule has 25 heavy (non-hydrogen) atoms. The Hall–Kier alpha value is -2.49. The van der Waals surface area contributed by atoms with Crippen LogP contribution in [-0.4, -0.2) is 51.7 Å². The number of aliphatic hydroxyl groups excluding tert-OH is 3. The minimum Gasteiger partial charge on any atom is -0.478 e. The summed E-state index contributed by atoms with van der Waals surface area (Å²) in [4.78, 5) is 7.20. The fourth-order valence-corrected chi connectivity index (χ4v) is 1.25. The van der Waals surface area contributed by atoms with Gasteiger partial charge in [0.05, 0.1) is 6.61 Å². The van der Waals surface area contributed by atoms with E-state index >= 15 is 0 Å². The Labute approximate surface area is 145 Å². The quantitative estimate of drug-likeness (QED) is 0.373. The van der Waals surface area contributed by atoms with Gasteiger partial charge in [-0.05, 0) is 24.6 Å². The van der Waals surface area contributed by atoms with E-state index in [1.165, 1.54) is 18.2 Å². The smallest absolute Gasteiger partial charge is 0.215 e. The van der Waals surface area contributed by atoms with Gasteiger partial charge in [-0.1, -0.05) is 12.1 Å². The van der Waals surface area contributed by atoms with E-state index in [4.69, 9.17) is 31.5 Å². The van der Waals surface area contributed by atoms with Crippen LogP contribution < -0.4 is 16.2 Å². The lowest BCUT2D eigenvalue weighted by molar-refractivity contribution is 0.221. The lowest BCUT2D eigenvalue weighted by Gasteiger charge is -2.03. The van der Waals surface area contributed by atoms with Crippen molar-refractivity contribution in [2.24, 2.45) is 0 Å². The first-order valence-corrected chi connectivity index (χ1v) is 7.59. The Balaban J connectivity index is 0.000000382. The third kappa shape index (κ3) is 13.6. The molecule has 2 rings (SSSR count). The average molecular weight is 356 g/mol. The van der Waals surface area contributed by atoms with Crippen LogP contribution in [0, 0.1) is 5.95 Å². The third-order valence-electron chi connectivity index (χ3n) is 2.35. The second-order valence-electron chi connectivity index (χ2n) is 4.51. The van der Waals surface area contributed by atoms with E-state index in [0.717, 1.165) is 0 Å². The summed E-state index contributed by atoms with van der Waals surface area (Å²) in [6, 6.07) is 9.49. The number of aliphatic hydroxyl groups is 3. The molecule has 2 heterocycles. The molecule has 0 aliphatic rings. The SMILES string of the molecule is Nc1cccc(F)n1.Nc1cccc(OCCCO)n1.OCCCO. The second kappa shape index (κ2) is 15.1. The summed E-state index contributed by atoms with van der Waals surface area (Å²) in [6.07, 6.45) is 1.11. The molecule has 0 spiro atoms. The van der Waals surface area contributed by atoms with Crippen molar-refractivity contribution in [3.8, 4) is 5.88 Å². The van der Waals surface area contributed by atoms with E-state index in [1.54, 1.807) is 18.2 Å². The van der Waals surface area contributed by atoms with Crippen LogP contribution in [0.25, 0.3) is 0 Å². The molecule has 0 saturated heterocycles. The molecule has 0 aromatic carbocycles. The van der Waals surface area contributed by atoms with Gasteiger partial charge in [0.25, 0.3) is 0 Å². The largest absolute Gasteiger partial charge is 0.478 e. The van der Waals surface area contributed by atoms with Gasteiger partial charge in [0.15, 0.2) is 0 Å². The molecule has 0 aliphatic heterocycles. The van der Waals surface area contributed by atoms with Crippen molar-refractivity contribution in [2.75, 3.05) is 37.9 Å². The van der Waals surface area contributed by atoms with E-state index in [-0.39, 0.29) is 25.6 Å². The molecule has 0 fully saturated rings. The molecular weight excluding hydrogens is 331 g/mol. The Bertz CT molecular complexity index is 556. The number of hydrogen-bond donors (Lipinski definition) is 5. The molecule has 0 unspecified atom stereocenters. The van der Waals surface area contributed by atoms with Crippen LogP contribution in [0.3, 0.4) is 0 Å². The molecule has 2 aromatic heterocycles. The maximum atomic E-state index is 12.0. The van der Waals surface area contributed by atoms with Crippen LogP contribution in [0.5, 0.6) is 5.88 Å². The number of ether oxygens (including phenoxy) is 1. The highest BCUT2D eigenvalue weighted by Crippen LogP contribution is 2.08. The van der Waals surface area contributed by atoms with E-state index < -0.39 is 5.95 Å². The molecular formula is C16H25FN4O4. The maximum Gasteiger partial charge on any atom is 0.215 e. The number of nitrogens with two attached hydrogens (primary N) is 2. The van der Waals surface area contributed by atoms with Crippen LogP contribution in [0.2, 0.25) is 0 Å². The fraction of sp³-hybridized carbons (Fsp3) is 0.375. The molecule has 9 heteroatoms. The van der Waals surface area contributed by atoms with Gasteiger partial charge in [-0.25, -0.2) is 4.98 Å². The monoisotopic (exact) mass is 356 g/mol. The molecule has 7 N–H and O–H groups in total. The molecule has 0 amide bonds. The summed E-state index contributed by atoms with van der Waals surface area (Å²) in [5.41, 5.74) is 10.5. The highest BCUT2D eigenvalue weighted by atomic mass is 19.1. The summed E-state index contributed by atoms with van der Waals surface area (Å²) >= 11 is 0. The number of nitrogens with zero attached hydrogens (tertiary/aromatic N) is 2. The number of rotatable bonds is 6. The first-order valence-electron chi connectivity index (χ1n) is 7.59. The number of nitrogen functional groups attached to an aromatic ring is 2. The van der Waals surface area contributed by atoms with Crippen LogP contribution in [0.15, 0.2) is 36.4 Å². The summed E-state index contributed by atoms with van der Waals surface area (Å²) in [6.45, 7) is 0.780. The molecule has 0 aliphatic carbocycles. The molecule has 0 bridgehead atoms. The van der Waals surface area contributed by atoms with E-state index in [1.807, 2.05) is 0 Å². The number of anilines is 2. The number of halogens is 1. The van der Waals surface area contributed by atoms with Crippen molar-refractivity contribution in [1.29, 1.82) is 0 Å². The summed E-state index contributed by atoms with van der Waals surface area (Å²) in [5, 5.41) is 24.3. The van der Waals surface area contributed by atoms with Crippen LogP contribution in [0.4, 0.5) is 16.0 Å². The number of hydrogen-bond acceptors (Lipinski definition) is 8. The Morgan fingerprint density at radius 1 is 0.840 bits per heavy atom. The first kappa shape index (κ1) is 22.5. The Kier molecular flexibility index (Phi) is 13.6. The lowest BCUT2D eigenvalue weighted by atomic mass is 10.4. The summed E-state index contributed by atoms with van der Waals surface area (Å²) in [5.74, 6) is 0.620. The summed E-state index contributed by atoms with van der Waals surface area (Å²) < 4.78 is 17.2. The van der Waals surface area contributed by atoms with Gasteiger partial charge in [-0.2, -0.15) is 9.37 Å². The predicted octanol–water partition coefficient (Wildman–Crippen LogP) is 0.589. The number of aromatic nitrogens is 2. The average Bonchev–Trinajstić information content (AvgIpc) is 2.57. The highest BCUT2D eigenvalue weighted by molar-refractivity contribution is 5.31. The van der Waals surface area contributed by atoms with Gasteiger partial charge in [0.2, 0.25) is 11.8 Å². The second-order valence-corrected chi connectivity index (χ2v) is 4.51. The van der Waals surface area contributed by atoms with Gasteiger partial charge < -0.3 is 31.5 Å². The zero-order valence-electron chi connectivity index (χ0n) is 13.9. The highest BCUT2D eigenvalue weighted by Gasteiger charge is 1.94. The zero-order chi connectivity index (χ0) is 18.9. The topological polar surface area (TPSA) is 148 Å². The van der Waals surface area contributed by atoms with Crippen molar-refractivity contribution in [3.63, 3.8) is 0 Å². The Morgan fingerprint density at radius 3 is 1.80 bits per heavy atom. The van der Waals surface area contributed by atoms with Crippen molar-refractivity contribution in [2.45, 2.75) is 12.8 Å². The predicted molar refractivity (Wildman–Crippen MR) is 93.2 cm³/mol. The molecule has 8 nitrogen and oxygen atoms in total. The van der Waals surface area contributed by atoms with E-state index in [0.29, 0.717) is 31.1 Å². The van der Waals surface area contributed by atoms with Crippen molar-refractivity contribution in [1.82, 2.24) is 9.97 Å². The first-order chi connectivity index (χ1) is 12.0. The van der Waals surface area contributed by atoms with Gasteiger partial charge in [0, 0.05) is 32.3 Å². The minimum absolute atomic E-state index is 0.0938. The molecule has 0 radical (unpaired) electrons. The van der Waals surface area contributed by atoms with Crippen LogP contribution in [-0.2, 0) is 0 Å². The molecule has 0 saturated carbocycles. The maximum absolute atomic E-state index is 12.0. The number of pyridine rings is 2.